The Hall–Kier alpha value is -1.32. The normalized spacial score (nSPS) is 12.2. The minimum absolute atomic E-state index is 0.272. The van der Waals surface area contributed by atoms with E-state index in [1.165, 1.54) is 31.2 Å². The summed E-state index contributed by atoms with van der Waals surface area (Å²) in [7, 11) is 0. The third-order valence-electron chi connectivity index (χ3n) is 1.45. The molecule has 0 N–H and O–H groups in total. The van der Waals surface area contributed by atoms with E-state index in [4.69, 9.17) is 0 Å². The fraction of sp³-hybridized carbons (Fsp3) is 0.222. The predicted octanol–water partition coefficient (Wildman–Crippen LogP) is 3.18. The Labute approximate surface area is 73.9 Å². The van der Waals surface area contributed by atoms with Crippen LogP contribution in [0.2, 0.25) is 0 Å². The molecule has 0 fully saturated rings. The second-order valence-electron chi connectivity index (χ2n) is 2.53. The van der Waals surface area contributed by atoms with Gasteiger partial charge in [0.25, 0.3) is 6.43 Å². The van der Waals surface area contributed by atoms with E-state index in [9.17, 15) is 13.2 Å². The van der Waals surface area contributed by atoms with Gasteiger partial charge < -0.3 is 0 Å². The Bertz CT molecular complexity index is 303. The highest BCUT2D eigenvalue weighted by molar-refractivity contribution is 5.87. The molecule has 13 heavy (non-hydrogen) atoms. The maximum Gasteiger partial charge on any atom is 0.276 e. The molecule has 1 nitrogen and oxygen atoms in total. The van der Waals surface area contributed by atoms with Gasteiger partial charge in [-0.15, -0.1) is 0 Å². The SMILES string of the molecule is CC(=Nc1ccc(F)cc1)C(F)F. The van der Waals surface area contributed by atoms with Crippen molar-refractivity contribution >= 4 is 11.4 Å². The molecule has 1 aromatic rings. The van der Waals surface area contributed by atoms with Gasteiger partial charge in [-0.05, 0) is 31.2 Å². The Kier molecular flexibility index (Phi) is 3.06. The number of hydrogen-bond acceptors (Lipinski definition) is 1. The van der Waals surface area contributed by atoms with E-state index in [0.717, 1.165) is 0 Å². The van der Waals surface area contributed by atoms with E-state index >= 15 is 0 Å². The van der Waals surface area contributed by atoms with Crippen LogP contribution >= 0.6 is 0 Å². The average Bonchev–Trinajstić information content (AvgIpc) is 2.08. The quantitative estimate of drug-likeness (QED) is 0.630. The fourth-order valence-electron chi connectivity index (χ4n) is 0.768. The summed E-state index contributed by atoms with van der Waals surface area (Å²) < 4.78 is 36.4. The first-order chi connectivity index (χ1) is 6.09. The lowest BCUT2D eigenvalue weighted by Gasteiger charge is -1.98. The summed E-state index contributed by atoms with van der Waals surface area (Å²) in [5, 5.41) is 0. The van der Waals surface area contributed by atoms with Crippen LogP contribution in [0.1, 0.15) is 6.92 Å². The van der Waals surface area contributed by atoms with Crippen LogP contribution in [0, 0.1) is 5.82 Å². The summed E-state index contributed by atoms with van der Waals surface area (Å²) in [6.07, 6.45) is -2.56. The molecule has 70 valence electrons. The van der Waals surface area contributed by atoms with Crippen molar-refractivity contribution in [3.05, 3.63) is 30.1 Å². The number of alkyl halides is 2. The molecule has 0 aliphatic carbocycles. The summed E-state index contributed by atoms with van der Waals surface area (Å²) in [6, 6.07) is 5.05. The molecule has 0 atom stereocenters. The molecule has 0 saturated heterocycles. The van der Waals surface area contributed by atoms with Crippen LogP contribution in [-0.4, -0.2) is 12.1 Å². The lowest BCUT2D eigenvalue weighted by molar-refractivity contribution is 0.225. The molecule has 1 rings (SSSR count). The molecule has 0 heterocycles. The number of benzene rings is 1. The third kappa shape index (κ3) is 2.89. The maximum atomic E-state index is 12.4. The average molecular weight is 187 g/mol. The van der Waals surface area contributed by atoms with Crippen LogP contribution in [-0.2, 0) is 0 Å². The summed E-state index contributed by atoms with van der Waals surface area (Å²) in [4.78, 5) is 3.60. The van der Waals surface area contributed by atoms with E-state index in [2.05, 4.69) is 4.99 Å². The molecule has 0 bridgehead atoms. The van der Waals surface area contributed by atoms with Crippen LogP contribution in [0.15, 0.2) is 29.3 Å². The summed E-state index contributed by atoms with van der Waals surface area (Å²) in [5.41, 5.74) is 0.0609. The maximum absolute atomic E-state index is 12.4. The highest BCUT2D eigenvalue weighted by atomic mass is 19.3. The Morgan fingerprint density at radius 1 is 1.23 bits per heavy atom. The molecule has 0 aliphatic heterocycles. The van der Waals surface area contributed by atoms with Crippen molar-refractivity contribution in [3.8, 4) is 0 Å². The van der Waals surface area contributed by atoms with Gasteiger partial charge in [-0.3, -0.25) is 4.99 Å². The van der Waals surface area contributed by atoms with Crippen molar-refractivity contribution in [2.24, 2.45) is 4.99 Å². The van der Waals surface area contributed by atoms with Crippen LogP contribution in [0.25, 0.3) is 0 Å². The molecular weight excluding hydrogens is 179 g/mol. The van der Waals surface area contributed by atoms with Crippen molar-refractivity contribution < 1.29 is 13.2 Å². The topological polar surface area (TPSA) is 12.4 Å². The second-order valence-corrected chi connectivity index (χ2v) is 2.53. The smallest absolute Gasteiger partial charge is 0.252 e. The highest BCUT2D eigenvalue weighted by Crippen LogP contribution is 2.13. The van der Waals surface area contributed by atoms with E-state index in [1.54, 1.807) is 0 Å². The van der Waals surface area contributed by atoms with Gasteiger partial charge in [0.15, 0.2) is 0 Å². The molecular formula is C9H8F3N. The number of hydrogen-bond donors (Lipinski definition) is 0. The molecule has 0 spiro atoms. The molecule has 0 amide bonds. The largest absolute Gasteiger partial charge is 0.276 e. The van der Waals surface area contributed by atoms with Gasteiger partial charge >= 0.3 is 0 Å². The number of rotatable bonds is 2. The first kappa shape index (κ1) is 9.77. The number of nitrogens with zero attached hydrogens (tertiary/aromatic N) is 1. The second kappa shape index (κ2) is 4.07. The zero-order valence-corrected chi connectivity index (χ0v) is 6.97. The standard InChI is InChI=1S/C9H8F3N/c1-6(9(11)12)13-8-4-2-7(10)3-5-8/h2-5,9H,1H3. The first-order valence-electron chi connectivity index (χ1n) is 3.68. The van der Waals surface area contributed by atoms with Crippen molar-refractivity contribution in [3.63, 3.8) is 0 Å². The molecule has 0 saturated carbocycles. The Balaban J connectivity index is 2.85. The summed E-state index contributed by atoms with van der Waals surface area (Å²) in [6.45, 7) is 1.23. The van der Waals surface area contributed by atoms with Crippen molar-refractivity contribution in [1.29, 1.82) is 0 Å². The van der Waals surface area contributed by atoms with Crippen molar-refractivity contribution in [2.75, 3.05) is 0 Å². The predicted molar refractivity (Wildman–Crippen MR) is 45.2 cm³/mol. The molecule has 0 radical (unpaired) electrons. The van der Waals surface area contributed by atoms with Crippen LogP contribution in [0.5, 0.6) is 0 Å². The molecule has 0 aromatic heterocycles. The van der Waals surface area contributed by atoms with E-state index in [-0.39, 0.29) is 5.71 Å². The van der Waals surface area contributed by atoms with Crippen molar-refractivity contribution in [1.82, 2.24) is 0 Å². The molecule has 0 aliphatic rings. The zero-order valence-electron chi connectivity index (χ0n) is 6.97. The van der Waals surface area contributed by atoms with Crippen LogP contribution in [0.4, 0.5) is 18.9 Å². The van der Waals surface area contributed by atoms with Gasteiger partial charge in [0.05, 0.1) is 11.4 Å². The Morgan fingerprint density at radius 3 is 2.23 bits per heavy atom. The third-order valence-corrected chi connectivity index (χ3v) is 1.45. The Morgan fingerprint density at radius 2 is 1.77 bits per heavy atom. The van der Waals surface area contributed by atoms with Gasteiger partial charge in [0.1, 0.15) is 5.82 Å². The monoisotopic (exact) mass is 187 g/mol. The fourth-order valence-corrected chi connectivity index (χ4v) is 0.768. The molecule has 1 aromatic carbocycles. The van der Waals surface area contributed by atoms with Gasteiger partial charge in [-0.2, -0.15) is 0 Å². The van der Waals surface area contributed by atoms with Gasteiger partial charge in [-0.25, -0.2) is 13.2 Å². The van der Waals surface area contributed by atoms with E-state index in [1.807, 2.05) is 0 Å². The van der Waals surface area contributed by atoms with Crippen LogP contribution in [0.3, 0.4) is 0 Å². The van der Waals surface area contributed by atoms with Gasteiger partial charge in [0, 0.05) is 0 Å². The number of aliphatic imine (C=N–C) groups is 1. The van der Waals surface area contributed by atoms with Crippen molar-refractivity contribution in [2.45, 2.75) is 13.3 Å². The lowest BCUT2D eigenvalue weighted by atomic mass is 10.3. The summed E-state index contributed by atoms with van der Waals surface area (Å²) >= 11 is 0. The van der Waals surface area contributed by atoms with E-state index < -0.39 is 12.2 Å². The van der Waals surface area contributed by atoms with Gasteiger partial charge in [0.2, 0.25) is 0 Å². The zero-order chi connectivity index (χ0) is 9.84. The van der Waals surface area contributed by atoms with Crippen LogP contribution < -0.4 is 0 Å². The van der Waals surface area contributed by atoms with Gasteiger partial charge in [-0.1, -0.05) is 0 Å². The minimum Gasteiger partial charge on any atom is -0.252 e. The number of halogens is 3. The molecule has 0 unspecified atom stereocenters. The first-order valence-corrected chi connectivity index (χ1v) is 3.68. The highest BCUT2D eigenvalue weighted by Gasteiger charge is 2.06. The minimum atomic E-state index is -2.56. The summed E-state index contributed by atoms with van der Waals surface area (Å²) in [5.74, 6) is -0.409. The van der Waals surface area contributed by atoms with E-state index in [0.29, 0.717) is 5.69 Å². The molecule has 4 heteroatoms. The lowest BCUT2D eigenvalue weighted by Crippen LogP contribution is -2.03.